The summed E-state index contributed by atoms with van der Waals surface area (Å²) in [6.07, 6.45) is 11.2. The third-order valence-corrected chi connectivity index (χ3v) is 9.08. The van der Waals surface area contributed by atoms with Crippen molar-refractivity contribution in [1.29, 1.82) is 0 Å². The van der Waals surface area contributed by atoms with E-state index in [1.54, 1.807) is 18.6 Å². The van der Waals surface area contributed by atoms with Crippen LogP contribution in [0.1, 0.15) is 50.3 Å². The van der Waals surface area contributed by atoms with Gasteiger partial charge in [-0.2, -0.15) is 4.98 Å². The summed E-state index contributed by atoms with van der Waals surface area (Å²) in [6, 6.07) is 0.721. The van der Waals surface area contributed by atoms with Gasteiger partial charge in [-0.25, -0.2) is 15.0 Å². The number of aliphatic hydroxyl groups excluding tert-OH is 1. The highest BCUT2D eigenvalue weighted by Gasteiger charge is 2.49. The van der Waals surface area contributed by atoms with Crippen molar-refractivity contribution in [2.24, 2.45) is 0 Å². The molecular formula is C21H25ClN6O2S. The summed E-state index contributed by atoms with van der Waals surface area (Å²) in [7, 11) is -1.09. The summed E-state index contributed by atoms with van der Waals surface area (Å²) in [4.78, 5) is 23.6. The highest BCUT2D eigenvalue weighted by molar-refractivity contribution is 7.85. The fourth-order valence-electron chi connectivity index (χ4n) is 5.73. The van der Waals surface area contributed by atoms with E-state index in [-0.39, 0.29) is 12.1 Å². The Hall–Kier alpha value is -1.84. The lowest BCUT2D eigenvalue weighted by molar-refractivity contribution is 0.115. The van der Waals surface area contributed by atoms with E-state index in [1.807, 2.05) is 0 Å². The smallest absolute Gasteiger partial charge is 0.227 e. The average Bonchev–Trinajstić information content (AvgIpc) is 2.75. The molecule has 2 saturated carbocycles. The van der Waals surface area contributed by atoms with Crippen molar-refractivity contribution in [3.8, 4) is 0 Å². The molecule has 2 bridgehead atoms. The summed E-state index contributed by atoms with van der Waals surface area (Å²) in [5, 5.41) is 10.7. The summed E-state index contributed by atoms with van der Waals surface area (Å²) < 4.78 is 12.6. The van der Waals surface area contributed by atoms with Gasteiger partial charge in [-0.15, -0.1) is 0 Å². The summed E-state index contributed by atoms with van der Waals surface area (Å²) in [6.45, 7) is 0.773. The lowest BCUT2D eigenvalue weighted by atomic mass is 9.73. The maximum absolute atomic E-state index is 12.6. The molecule has 4 fully saturated rings. The number of hydrogen-bond acceptors (Lipinski definition) is 8. The van der Waals surface area contributed by atoms with E-state index in [4.69, 9.17) is 16.6 Å². The largest absolute Gasteiger partial charge is 0.394 e. The maximum atomic E-state index is 12.6. The van der Waals surface area contributed by atoms with Crippen LogP contribution < -0.4 is 9.80 Å². The van der Waals surface area contributed by atoms with Crippen LogP contribution in [0.2, 0.25) is 5.02 Å². The molecule has 5 heterocycles. The summed E-state index contributed by atoms with van der Waals surface area (Å²) >= 11 is 5.94. The number of nitrogens with zero attached hydrogens (tertiary/aromatic N) is 6. The maximum Gasteiger partial charge on any atom is 0.227 e. The number of fused-ring (bicyclic) bond motifs is 3. The number of hydrogen-bond donors (Lipinski definition) is 1. The highest BCUT2D eigenvalue weighted by Crippen LogP contribution is 2.47. The Kier molecular flexibility index (Phi) is 4.70. The minimum Gasteiger partial charge on any atom is -0.394 e. The number of aromatic nitrogens is 4. The molecule has 0 amide bonds. The van der Waals surface area contributed by atoms with E-state index in [0.717, 1.165) is 50.2 Å². The quantitative estimate of drug-likeness (QED) is 0.742. The van der Waals surface area contributed by atoms with Crippen molar-refractivity contribution in [3.05, 3.63) is 29.4 Å². The molecule has 2 saturated heterocycles. The van der Waals surface area contributed by atoms with Crippen LogP contribution in [0.3, 0.4) is 0 Å². The molecule has 10 heteroatoms. The number of halogens is 1. The summed E-state index contributed by atoms with van der Waals surface area (Å²) in [5.74, 6) is 3.22. The Balaban J connectivity index is 1.27. The lowest BCUT2D eigenvalue weighted by Gasteiger charge is -2.55. The van der Waals surface area contributed by atoms with Gasteiger partial charge < -0.3 is 14.9 Å². The topological polar surface area (TPSA) is 95.3 Å². The Labute approximate surface area is 188 Å². The molecule has 2 aromatic rings. The van der Waals surface area contributed by atoms with E-state index in [0.29, 0.717) is 46.2 Å². The monoisotopic (exact) mass is 460 g/mol. The van der Waals surface area contributed by atoms with Crippen LogP contribution in [0.15, 0.2) is 23.5 Å². The van der Waals surface area contributed by atoms with Gasteiger partial charge in [0.05, 0.1) is 39.1 Å². The summed E-state index contributed by atoms with van der Waals surface area (Å²) in [5.41, 5.74) is -0.257. The fraction of sp³-hybridized carbons (Fsp3) is 0.619. The predicted octanol–water partition coefficient (Wildman–Crippen LogP) is 2.29. The molecule has 0 aromatic carbocycles. The number of piperidine rings is 1. The van der Waals surface area contributed by atoms with Gasteiger partial charge in [0.1, 0.15) is 5.82 Å². The third-order valence-electron chi connectivity index (χ3n) is 7.56. The lowest BCUT2D eigenvalue weighted by Crippen LogP contribution is -2.62. The van der Waals surface area contributed by atoms with Gasteiger partial charge >= 0.3 is 0 Å². The van der Waals surface area contributed by atoms with Crippen molar-refractivity contribution in [2.75, 3.05) is 28.7 Å². The van der Waals surface area contributed by atoms with Crippen LogP contribution in [-0.2, 0) is 10.8 Å². The van der Waals surface area contributed by atoms with Gasteiger partial charge in [0.2, 0.25) is 5.95 Å². The fourth-order valence-corrected chi connectivity index (χ4v) is 6.92. The van der Waals surface area contributed by atoms with Gasteiger partial charge in [-0.05, 0) is 38.5 Å². The molecule has 164 valence electrons. The van der Waals surface area contributed by atoms with Gasteiger partial charge in [0.25, 0.3) is 0 Å². The molecule has 7 rings (SSSR count). The molecule has 3 atom stereocenters. The van der Waals surface area contributed by atoms with Crippen LogP contribution in [-0.4, -0.2) is 65.8 Å². The van der Waals surface area contributed by atoms with Crippen molar-refractivity contribution >= 4 is 34.2 Å². The van der Waals surface area contributed by atoms with Gasteiger partial charge in [0.15, 0.2) is 5.82 Å². The van der Waals surface area contributed by atoms with E-state index < -0.39 is 10.8 Å². The van der Waals surface area contributed by atoms with Gasteiger partial charge in [-0.1, -0.05) is 11.6 Å². The Morgan fingerprint density at radius 2 is 1.87 bits per heavy atom. The van der Waals surface area contributed by atoms with E-state index in [1.165, 1.54) is 0 Å². The van der Waals surface area contributed by atoms with E-state index in [2.05, 4.69) is 24.8 Å². The molecule has 2 aliphatic carbocycles. The Morgan fingerprint density at radius 1 is 1.13 bits per heavy atom. The van der Waals surface area contributed by atoms with Crippen LogP contribution in [0, 0.1) is 0 Å². The second kappa shape index (κ2) is 7.35. The van der Waals surface area contributed by atoms with Crippen molar-refractivity contribution < 1.29 is 9.32 Å². The van der Waals surface area contributed by atoms with Crippen molar-refractivity contribution in [2.45, 2.75) is 67.0 Å². The van der Waals surface area contributed by atoms with Crippen LogP contribution >= 0.6 is 11.6 Å². The first kappa shape index (κ1) is 19.8. The van der Waals surface area contributed by atoms with Crippen LogP contribution in [0.5, 0.6) is 0 Å². The minimum atomic E-state index is -1.09. The first-order chi connectivity index (χ1) is 15.1. The normalized spacial score (nSPS) is 30.9. The minimum absolute atomic E-state index is 0.107. The Bertz CT molecular complexity index is 1020. The standard InChI is InChI=1S/C21H25ClN6O2S/c22-14-9-23-18(24-10-14)13-6-15-8-16(7-13)28(15)20-25-11-17-19(26-20)27(4-5-31(17)30)21(12-29)2-1-3-21/h9-11,13,15-16,29H,1-8,12H2/t13?,15?,16?,31-/m0/s1. The molecule has 0 spiro atoms. The highest BCUT2D eigenvalue weighted by atomic mass is 35.5. The zero-order valence-corrected chi connectivity index (χ0v) is 18.7. The molecule has 5 aliphatic rings. The van der Waals surface area contributed by atoms with Crippen LogP contribution in [0.25, 0.3) is 0 Å². The van der Waals surface area contributed by atoms with Crippen molar-refractivity contribution in [1.82, 2.24) is 19.9 Å². The zero-order valence-electron chi connectivity index (χ0n) is 17.2. The molecular weight excluding hydrogens is 436 g/mol. The van der Waals surface area contributed by atoms with E-state index >= 15 is 0 Å². The zero-order chi connectivity index (χ0) is 21.2. The van der Waals surface area contributed by atoms with E-state index in [9.17, 15) is 9.32 Å². The molecule has 2 unspecified atom stereocenters. The third kappa shape index (κ3) is 3.08. The second-order valence-electron chi connectivity index (χ2n) is 9.17. The number of rotatable bonds is 4. The molecule has 31 heavy (non-hydrogen) atoms. The van der Waals surface area contributed by atoms with Crippen LogP contribution in [0.4, 0.5) is 11.8 Å². The predicted molar refractivity (Wildman–Crippen MR) is 118 cm³/mol. The molecule has 3 aliphatic heterocycles. The molecule has 1 N–H and O–H groups in total. The van der Waals surface area contributed by atoms with Gasteiger partial charge in [-0.3, -0.25) is 4.21 Å². The average molecular weight is 461 g/mol. The van der Waals surface area contributed by atoms with Gasteiger partial charge in [0, 0.05) is 42.7 Å². The Morgan fingerprint density at radius 3 is 2.52 bits per heavy atom. The first-order valence-electron chi connectivity index (χ1n) is 11.0. The molecule has 0 radical (unpaired) electrons. The SMILES string of the molecule is O=[S@]1CCN(C2(CO)CCC2)c2nc(N3C4CC(c5ncc(Cl)cn5)CC3C4)ncc21. The number of aliphatic hydroxyl groups is 1. The molecule has 2 aromatic heterocycles. The van der Waals surface area contributed by atoms with Crippen molar-refractivity contribution in [3.63, 3.8) is 0 Å². The second-order valence-corrected chi connectivity index (χ2v) is 11.1. The number of anilines is 2. The first-order valence-corrected chi connectivity index (χ1v) is 12.7. The molecule has 8 nitrogen and oxygen atoms in total.